The molecule has 0 aliphatic heterocycles. The van der Waals surface area contributed by atoms with Crippen molar-refractivity contribution >= 4 is 5.97 Å². The maximum absolute atomic E-state index is 11.7. The summed E-state index contributed by atoms with van der Waals surface area (Å²) in [6.07, 6.45) is 1.60. The summed E-state index contributed by atoms with van der Waals surface area (Å²) in [4.78, 5) is 16.1. The summed E-state index contributed by atoms with van der Waals surface area (Å²) in [5, 5.41) is 3.15. The number of nitrogens with one attached hydrogen (secondary N) is 1. The predicted molar refractivity (Wildman–Crippen MR) is 79.4 cm³/mol. The molecular formula is C16H20N2O3. The van der Waals surface area contributed by atoms with Crippen LogP contribution in [-0.2, 0) is 16.1 Å². The Kier molecular flexibility index (Phi) is 5.11. The van der Waals surface area contributed by atoms with Crippen molar-refractivity contribution in [3.63, 3.8) is 0 Å². The van der Waals surface area contributed by atoms with Crippen molar-refractivity contribution in [3.05, 3.63) is 42.3 Å². The van der Waals surface area contributed by atoms with E-state index in [-0.39, 0.29) is 17.9 Å². The molecule has 112 valence electrons. The minimum absolute atomic E-state index is 0.137. The van der Waals surface area contributed by atoms with E-state index >= 15 is 0 Å². The zero-order chi connectivity index (χ0) is 15.2. The van der Waals surface area contributed by atoms with Crippen LogP contribution in [0.4, 0.5) is 0 Å². The standard InChI is InChI=1S/C16H20N2O3/c1-11(2)14(16(19)20-3)17-9-13-10-21-15(18-13)12-7-5-4-6-8-12/h4-8,10-11,14,17H,9H2,1-3H3. The molecule has 1 heterocycles. The number of nitrogens with zero attached hydrogens (tertiary/aromatic N) is 1. The highest BCUT2D eigenvalue weighted by atomic mass is 16.5. The number of benzene rings is 1. The Hall–Kier alpha value is -2.14. The van der Waals surface area contributed by atoms with Crippen molar-refractivity contribution in [2.24, 2.45) is 5.92 Å². The summed E-state index contributed by atoms with van der Waals surface area (Å²) in [7, 11) is 1.39. The molecule has 0 spiro atoms. The summed E-state index contributed by atoms with van der Waals surface area (Å²) in [6.45, 7) is 4.38. The zero-order valence-electron chi connectivity index (χ0n) is 12.5. The monoisotopic (exact) mass is 288 g/mol. The summed E-state index contributed by atoms with van der Waals surface area (Å²) in [5.41, 5.74) is 1.68. The van der Waals surface area contributed by atoms with Gasteiger partial charge in [0.1, 0.15) is 12.3 Å². The third-order valence-electron chi connectivity index (χ3n) is 3.20. The number of carbonyl (C=O) groups is 1. The van der Waals surface area contributed by atoms with E-state index in [1.807, 2.05) is 44.2 Å². The number of methoxy groups -OCH3 is 1. The van der Waals surface area contributed by atoms with Crippen molar-refractivity contribution in [1.82, 2.24) is 10.3 Å². The molecule has 2 aromatic rings. The van der Waals surface area contributed by atoms with Crippen molar-refractivity contribution in [1.29, 1.82) is 0 Å². The third kappa shape index (κ3) is 3.92. The van der Waals surface area contributed by atoms with Crippen LogP contribution in [0.2, 0.25) is 0 Å². The molecular weight excluding hydrogens is 268 g/mol. The quantitative estimate of drug-likeness (QED) is 0.828. The lowest BCUT2D eigenvalue weighted by Crippen LogP contribution is -2.41. The molecule has 1 aromatic heterocycles. The molecule has 1 unspecified atom stereocenters. The van der Waals surface area contributed by atoms with Gasteiger partial charge in [-0.2, -0.15) is 0 Å². The number of carbonyl (C=O) groups excluding carboxylic acids is 1. The van der Waals surface area contributed by atoms with Crippen LogP contribution in [0.25, 0.3) is 11.5 Å². The summed E-state index contributed by atoms with van der Waals surface area (Å²) in [5.74, 6) is 0.446. The molecule has 0 bridgehead atoms. The first-order chi connectivity index (χ1) is 10.1. The Balaban J connectivity index is 2.01. The number of hydrogen-bond donors (Lipinski definition) is 1. The largest absolute Gasteiger partial charge is 0.468 e. The lowest BCUT2D eigenvalue weighted by Gasteiger charge is -2.18. The highest BCUT2D eigenvalue weighted by Crippen LogP contribution is 2.18. The minimum Gasteiger partial charge on any atom is -0.468 e. The second-order valence-corrected chi connectivity index (χ2v) is 5.14. The summed E-state index contributed by atoms with van der Waals surface area (Å²) >= 11 is 0. The molecule has 1 aromatic carbocycles. The molecule has 0 saturated carbocycles. The van der Waals surface area contributed by atoms with E-state index in [0.717, 1.165) is 11.3 Å². The van der Waals surface area contributed by atoms with Crippen LogP contribution >= 0.6 is 0 Å². The second kappa shape index (κ2) is 7.04. The fraction of sp³-hybridized carbons (Fsp3) is 0.375. The summed E-state index contributed by atoms with van der Waals surface area (Å²) in [6, 6.07) is 9.33. The smallest absolute Gasteiger partial charge is 0.323 e. The minimum atomic E-state index is -0.355. The molecule has 21 heavy (non-hydrogen) atoms. The van der Waals surface area contributed by atoms with E-state index in [0.29, 0.717) is 12.4 Å². The first kappa shape index (κ1) is 15.3. The van der Waals surface area contributed by atoms with Gasteiger partial charge in [0.05, 0.1) is 12.8 Å². The molecule has 2 rings (SSSR count). The van der Waals surface area contributed by atoms with Crippen molar-refractivity contribution < 1.29 is 13.9 Å². The van der Waals surface area contributed by atoms with Gasteiger partial charge in [0.15, 0.2) is 0 Å². The Bertz CT molecular complexity index is 578. The second-order valence-electron chi connectivity index (χ2n) is 5.14. The maximum Gasteiger partial charge on any atom is 0.323 e. The lowest BCUT2D eigenvalue weighted by atomic mass is 10.0. The Labute approximate surface area is 124 Å². The average Bonchev–Trinajstić information content (AvgIpc) is 2.96. The normalized spacial score (nSPS) is 12.4. The van der Waals surface area contributed by atoms with Crippen LogP contribution in [0, 0.1) is 5.92 Å². The Morgan fingerprint density at radius 1 is 1.33 bits per heavy atom. The Morgan fingerprint density at radius 3 is 2.67 bits per heavy atom. The van der Waals surface area contributed by atoms with Crippen molar-refractivity contribution in [2.45, 2.75) is 26.4 Å². The molecule has 0 radical (unpaired) electrons. The van der Waals surface area contributed by atoms with Crippen LogP contribution in [0.1, 0.15) is 19.5 Å². The van der Waals surface area contributed by atoms with Crippen LogP contribution in [0.5, 0.6) is 0 Å². The number of hydrogen-bond acceptors (Lipinski definition) is 5. The van der Waals surface area contributed by atoms with Gasteiger partial charge in [0, 0.05) is 12.1 Å². The van der Waals surface area contributed by atoms with E-state index < -0.39 is 0 Å². The fourth-order valence-corrected chi connectivity index (χ4v) is 2.03. The zero-order valence-corrected chi connectivity index (χ0v) is 12.5. The molecule has 0 amide bonds. The average molecular weight is 288 g/mol. The topological polar surface area (TPSA) is 64.4 Å². The third-order valence-corrected chi connectivity index (χ3v) is 3.20. The van der Waals surface area contributed by atoms with Gasteiger partial charge in [-0.15, -0.1) is 0 Å². The van der Waals surface area contributed by atoms with Gasteiger partial charge in [0.25, 0.3) is 0 Å². The molecule has 1 atom stereocenters. The highest BCUT2D eigenvalue weighted by Gasteiger charge is 2.22. The van der Waals surface area contributed by atoms with Crippen LogP contribution in [0.15, 0.2) is 41.0 Å². The van der Waals surface area contributed by atoms with Crippen LogP contribution in [-0.4, -0.2) is 24.1 Å². The van der Waals surface area contributed by atoms with Gasteiger partial charge < -0.3 is 9.15 Å². The van der Waals surface area contributed by atoms with Crippen LogP contribution < -0.4 is 5.32 Å². The van der Waals surface area contributed by atoms with E-state index in [2.05, 4.69) is 10.3 Å². The number of ether oxygens (including phenoxy) is 1. The highest BCUT2D eigenvalue weighted by molar-refractivity contribution is 5.75. The van der Waals surface area contributed by atoms with E-state index in [1.54, 1.807) is 6.26 Å². The number of oxazole rings is 1. The molecule has 5 heteroatoms. The number of rotatable bonds is 6. The molecule has 5 nitrogen and oxygen atoms in total. The van der Waals surface area contributed by atoms with Crippen LogP contribution in [0.3, 0.4) is 0 Å². The summed E-state index contributed by atoms with van der Waals surface area (Å²) < 4.78 is 10.3. The molecule has 0 fully saturated rings. The molecule has 0 aliphatic carbocycles. The molecule has 0 saturated heterocycles. The van der Waals surface area contributed by atoms with Gasteiger partial charge in [-0.1, -0.05) is 32.0 Å². The number of esters is 1. The van der Waals surface area contributed by atoms with Gasteiger partial charge in [0.2, 0.25) is 5.89 Å². The lowest BCUT2D eigenvalue weighted by molar-refractivity contribution is -0.144. The van der Waals surface area contributed by atoms with Crippen molar-refractivity contribution in [2.75, 3.05) is 7.11 Å². The maximum atomic E-state index is 11.7. The predicted octanol–water partition coefficient (Wildman–Crippen LogP) is 2.63. The van der Waals surface area contributed by atoms with Gasteiger partial charge in [-0.05, 0) is 18.1 Å². The van der Waals surface area contributed by atoms with Gasteiger partial charge >= 0.3 is 5.97 Å². The molecule has 0 aliphatic rings. The van der Waals surface area contributed by atoms with Crippen molar-refractivity contribution in [3.8, 4) is 11.5 Å². The Morgan fingerprint density at radius 2 is 2.05 bits per heavy atom. The molecule has 1 N–H and O–H groups in total. The van der Waals surface area contributed by atoms with E-state index in [4.69, 9.17) is 9.15 Å². The first-order valence-electron chi connectivity index (χ1n) is 6.93. The van der Waals surface area contributed by atoms with Gasteiger partial charge in [-0.25, -0.2) is 4.98 Å². The van der Waals surface area contributed by atoms with E-state index in [9.17, 15) is 4.79 Å². The number of aromatic nitrogens is 1. The van der Waals surface area contributed by atoms with E-state index in [1.165, 1.54) is 7.11 Å². The SMILES string of the molecule is COC(=O)C(NCc1coc(-c2ccccc2)n1)C(C)C. The van der Waals surface area contributed by atoms with Gasteiger partial charge in [-0.3, -0.25) is 10.1 Å². The fourth-order valence-electron chi connectivity index (χ4n) is 2.03. The first-order valence-corrected chi connectivity index (χ1v) is 6.93.